The van der Waals surface area contributed by atoms with E-state index in [1.807, 2.05) is 37.3 Å². The van der Waals surface area contributed by atoms with E-state index in [1.54, 1.807) is 0 Å². The number of amides is 1. The van der Waals surface area contributed by atoms with Crippen molar-refractivity contribution in [3.63, 3.8) is 0 Å². The van der Waals surface area contributed by atoms with Crippen molar-refractivity contribution in [2.45, 2.75) is 39.3 Å². The van der Waals surface area contributed by atoms with Crippen LogP contribution in [0, 0.1) is 5.92 Å². The van der Waals surface area contributed by atoms with Crippen LogP contribution >= 0.6 is 12.4 Å². The third-order valence-electron chi connectivity index (χ3n) is 4.25. The summed E-state index contributed by atoms with van der Waals surface area (Å²) in [4.78, 5) is 12.3. The highest BCUT2D eigenvalue weighted by atomic mass is 35.5. The van der Waals surface area contributed by atoms with E-state index in [-0.39, 0.29) is 30.3 Å². The Kier molecular flexibility index (Phi) is 7.96. The van der Waals surface area contributed by atoms with Crippen LogP contribution in [0.4, 0.5) is 0 Å². The molecule has 2 aromatic carbocycles. The van der Waals surface area contributed by atoms with Gasteiger partial charge in [-0.1, -0.05) is 75.4 Å². The van der Waals surface area contributed by atoms with Crippen molar-refractivity contribution in [1.29, 1.82) is 0 Å². The Morgan fingerprint density at radius 1 is 0.958 bits per heavy atom. The Morgan fingerprint density at radius 3 is 2.08 bits per heavy atom. The average molecular weight is 347 g/mol. The second-order valence-electron chi connectivity index (χ2n) is 6.34. The van der Waals surface area contributed by atoms with Crippen LogP contribution in [0.1, 0.15) is 49.4 Å². The van der Waals surface area contributed by atoms with Crippen LogP contribution in [-0.2, 0) is 11.3 Å². The summed E-state index contributed by atoms with van der Waals surface area (Å²) in [6.07, 6.45) is 0. The number of nitrogens with one attached hydrogen (secondary N) is 1. The Hall–Kier alpha value is -1.84. The van der Waals surface area contributed by atoms with Gasteiger partial charge in [-0.2, -0.15) is 0 Å². The number of carbonyl (C=O) groups is 1. The lowest BCUT2D eigenvalue weighted by molar-refractivity contribution is -0.125. The van der Waals surface area contributed by atoms with Gasteiger partial charge in [0.05, 0.1) is 5.92 Å². The molecule has 24 heavy (non-hydrogen) atoms. The maximum atomic E-state index is 12.3. The van der Waals surface area contributed by atoms with Crippen LogP contribution in [0.5, 0.6) is 0 Å². The lowest BCUT2D eigenvalue weighted by Crippen LogP contribution is -2.35. The molecule has 0 aliphatic carbocycles. The Balaban J connectivity index is 0.00000288. The van der Waals surface area contributed by atoms with Crippen molar-refractivity contribution in [2.75, 3.05) is 0 Å². The molecule has 1 amide bonds. The molecule has 130 valence electrons. The number of carbonyl (C=O) groups excluding carboxylic acids is 1. The summed E-state index contributed by atoms with van der Waals surface area (Å²) in [7, 11) is 0. The standard InChI is InChI=1S/C20H26N2O.ClH/c1-14(2)17-11-9-16(10-12-17)13-22-20(23)15(3)19(21)18-7-5-4-6-8-18;/h4-12,14-15,19H,13,21H2,1-3H3,(H,22,23);1H. The molecule has 2 aromatic rings. The molecule has 3 N–H and O–H groups in total. The molecule has 2 unspecified atom stereocenters. The smallest absolute Gasteiger partial charge is 0.225 e. The SMILES string of the molecule is CC(C)c1ccc(CNC(=O)C(C)C(N)c2ccccc2)cc1.Cl. The van der Waals surface area contributed by atoms with Gasteiger partial charge in [0.25, 0.3) is 0 Å². The summed E-state index contributed by atoms with van der Waals surface area (Å²) >= 11 is 0. The van der Waals surface area contributed by atoms with E-state index in [4.69, 9.17) is 5.73 Å². The third kappa shape index (κ3) is 5.36. The maximum Gasteiger partial charge on any atom is 0.225 e. The minimum Gasteiger partial charge on any atom is -0.352 e. The van der Waals surface area contributed by atoms with Gasteiger partial charge in [-0.25, -0.2) is 0 Å². The normalized spacial score (nSPS) is 13.0. The van der Waals surface area contributed by atoms with Gasteiger partial charge in [0.2, 0.25) is 5.91 Å². The van der Waals surface area contributed by atoms with Crippen LogP contribution in [0.15, 0.2) is 54.6 Å². The minimum absolute atomic E-state index is 0. The van der Waals surface area contributed by atoms with Crippen LogP contribution in [0.25, 0.3) is 0 Å². The van der Waals surface area contributed by atoms with Crippen LogP contribution < -0.4 is 11.1 Å². The zero-order valence-electron chi connectivity index (χ0n) is 14.5. The van der Waals surface area contributed by atoms with Crippen molar-refractivity contribution < 1.29 is 4.79 Å². The zero-order valence-corrected chi connectivity index (χ0v) is 15.3. The lowest BCUT2D eigenvalue weighted by atomic mass is 9.94. The van der Waals surface area contributed by atoms with E-state index in [9.17, 15) is 4.79 Å². The number of hydrogen-bond donors (Lipinski definition) is 2. The first-order chi connectivity index (χ1) is 11.0. The Bertz CT molecular complexity index is 626. The third-order valence-corrected chi connectivity index (χ3v) is 4.25. The Morgan fingerprint density at radius 2 is 1.54 bits per heavy atom. The highest BCUT2D eigenvalue weighted by Crippen LogP contribution is 2.19. The summed E-state index contributed by atoms with van der Waals surface area (Å²) in [5.74, 6) is 0.226. The highest BCUT2D eigenvalue weighted by Gasteiger charge is 2.21. The largest absolute Gasteiger partial charge is 0.352 e. The molecule has 0 fully saturated rings. The van der Waals surface area contributed by atoms with E-state index in [1.165, 1.54) is 5.56 Å². The van der Waals surface area contributed by atoms with Crippen LogP contribution in [-0.4, -0.2) is 5.91 Å². The predicted molar refractivity (Wildman–Crippen MR) is 102 cm³/mol. The molecule has 0 aromatic heterocycles. The summed E-state index contributed by atoms with van der Waals surface area (Å²) < 4.78 is 0. The van der Waals surface area contributed by atoms with E-state index in [0.717, 1.165) is 11.1 Å². The van der Waals surface area contributed by atoms with Crippen LogP contribution in [0.3, 0.4) is 0 Å². The Labute approximate surface area is 151 Å². The molecule has 0 aliphatic heterocycles. The van der Waals surface area contributed by atoms with Crippen molar-refractivity contribution in [1.82, 2.24) is 5.32 Å². The van der Waals surface area contributed by atoms with Crippen molar-refractivity contribution in [2.24, 2.45) is 11.7 Å². The first kappa shape index (κ1) is 20.2. The first-order valence-electron chi connectivity index (χ1n) is 8.16. The topological polar surface area (TPSA) is 55.1 Å². The predicted octanol–water partition coefficient (Wildman–Crippen LogP) is 4.18. The monoisotopic (exact) mass is 346 g/mol. The molecule has 0 heterocycles. The molecule has 0 radical (unpaired) electrons. The fourth-order valence-electron chi connectivity index (χ4n) is 2.50. The van der Waals surface area contributed by atoms with Gasteiger partial charge in [-0.15, -0.1) is 12.4 Å². The fraction of sp³-hybridized carbons (Fsp3) is 0.350. The molecule has 3 nitrogen and oxygen atoms in total. The van der Waals surface area contributed by atoms with E-state index < -0.39 is 0 Å². The van der Waals surface area contributed by atoms with E-state index >= 15 is 0 Å². The average Bonchev–Trinajstić information content (AvgIpc) is 2.59. The summed E-state index contributed by atoms with van der Waals surface area (Å²) in [6, 6.07) is 17.8. The summed E-state index contributed by atoms with van der Waals surface area (Å²) in [5.41, 5.74) is 9.59. The molecular weight excluding hydrogens is 320 g/mol. The lowest BCUT2D eigenvalue weighted by Gasteiger charge is -2.20. The van der Waals surface area contributed by atoms with Gasteiger partial charge in [0.15, 0.2) is 0 Å². The van der Waals surface area contributed by atoms with E-state index in [0.29, 0.717) is 12.5 Å². The number of nitrogens with two attached hydrogens (primary N) is 1. The summed E-state index contributed by atoms with van der Waals surface area (Å²) in [5, 5.41) is 2.98. The molecule has 2 rings (SSSR count). The number of benzene rings is 2. The minimum atomic E-state index is -0.292. The molecule has 4 heteroatoms. The van der Waals surface area contributed by atoms with Crippen LogP contribution in [0.2, 0.25) is 0 Å². The van der Waals surface area contributed by atoms with Gasteiger partial charge in [0.1, 0.15) is 0 Å². The molecule has 0 saturated heterocycles. The fourth-order valence-corrected chi connectivity index (χ4v) is 2.50. The molecular formula is C20H27ClN2O. The van der Waals surface area contributed by atoms with Crippen molar-refractivity contribution in [3.05, 3.63) is 71.3 Å². The number of hydrogen-bond acceptors (Lipinski definition) is 2. The molecule has 2 atom stereocenters. The zero-order chi connectivity index (χ0) is 16.8. The summed E-state index contributed by atoms with van der Waals surface area (Å²) in [6.45, 7) is 6.74. The van der Waals surface area contributed by atoms with Gasteiger partial charge >= 0.3 is 0 Å². The van der Waals surface area contributed by atoms with Gasteiger partial charge in [-0.3, -0.25) is 4.79 Å². The second kappa shape index (κ2) is 9.45. The molecule has 0 spiro atoms. The van der Waals surface area contributed by atoms with Gasteiger partial charge in [-0.05, 0) is 22.6 Å². The molecule has 0 aliphatic rings. The number of rotatable bonds is 6. The highest BCUT2D eigenvalue weighted by molar-refractivity contribution is 5.85. The first-order valence-corrected chi connectivity index (χ1v) is 8.16. The molecule has 0 bridgehead atoms. The maximum absolute atomic E-state index is 12.3. The van der Waals surface area contributed by atoms with Gasteiger partial charge < -0.3 is 11.1 Å². The second-order valence-corrected chi connectivity index (χ2v) is 6.34. The quantitative estimate of drug-likeness (QED) is 0.824. The number of halogens is 1. The van der Waals surface area contributed by atoms with Crippen molar-refractivity contribution >= 4 is 18.3 Å². The van der Waals surface area contributed by atoms with Crippen molar-refractivity contribution in [3.8, 4) is 0 Å². The molecule has 0 saturated carbocycles. The van der Waals surface area contributed by atoms with Gasteiger partial charge in [0, 0.05) is 12.6 Å². The van der Waals surface area contributed by atoms with E-state index in [2.05, 4.69) is 43.4 Å².